The molecule has 24 heavy (non-hydrogen) atoms. The summed E-state index contributed by atoms with van der Waals surface area (Å²) in [4.78, 5) is 31.2. The number of benzene rings is 1. The van der Waals surface area contributed by atoms with E-state index in [0.29, 0.717) is 0 Å². The number of aromatic nitrogens is 2. The SMILES string of the molecule is CCOC(=O)Cn1ccnc([C@H](CN=[N+]=[N-])c2ccccc2)c1=O. The van der Waals surface area contributed by atoms with Crippen LogP contribution < -0.4 is 5.56 Å². The van der Waals surface area contributed by atoms with Crippen molar-refractivity contribution < 1.29 is 9.53 Å². The number of hydrogen-bond acceptors (Lipinski definition) is 5. The van der Waals surface area contributed by atoms with Crippen LogP contribution in [0.1, 0.15) is 24.1 Å². The Labute approximate surface area is 138 Å². The van der Waals surface area contributed by atoms with E-state index in [2.05, 4.69) is 15.0 Å². The molecule has 0 bridgehead atoms. The number of nitrogens with zero attached hydrogens (tertiary/aromatic N) is 5. The molecule has 8 nitrogen and oxygen atoms in total. The van der Waals surface area contributed by atoms with Crippen molar-refractivity contribution in [2.45, 2.75) is 19.4 Å². The van der Waals surface area contributed by atoms with Gasteiger partial charge in [-0.15, -0.1) is 0 Å². The first-order chi connectivity index (χ1) is 11.7. The first kappa shape index (κ1) is 17.2. The summed E-state index contributed by atoms with van der Waals surface area (Å²) >= 11 is 0. The molecule has 0 N–H and O–H groups in total. The largest absolute Gasteiger partial charge is 0.465 e. The third-order valence-corrected chi connectivity index (χ3v) is 3.40. The molecular formula is C16H17N5O3. The molecule has 0 fully saturated rings. The highest BCUT2D eigenvalue weighted by Gasteiger charge is 2.20. The van der Waals surface area contributed by atoms with Crippen molar-refractivity contribution in [2.75, 3.05) is 13.2 Å². The first-order valence-electron chi connectivity index (χ1n) is 7.44. The summed E-state index contributed by atoms with van der Waals surface area (Å²) in [6.45, 7) is 1.82. The Balaban J connectivity index is 2.41. The minimum Gasteiger partial charge on any atom is -0.465 e. The average Bonchev–Trinajstić information content (AvgIpc) is 2.59. The van der Waals surface area contributed by atoms with Crippen LogP contribution in [-0.2, 0) is 16.1 Å². The standard InChI is InChI=1S/C16H17N5O3/c1-2-24-14(22)11-21-9-8-18-15(16(21)23)13(10-19-20-17)12-6-4-3-5-7-12/h3-9,13H,2,10-11H2,1H3/t13-/m1/s1. The molecule has 0 saturated carbocycles. The van der Waals surface area contributed by atoms with Crippen molar-refractivity contribution in [3.63, 3.8) is 0 Å². The Morgan fingerprint density at radius 3 is 2.83 bits per heavy atom. The molecule has 0 aliphatic rings. The number of rotatable bonds is 7. The molecule has 8 heteroatoms. The number of hydrogen-bond donors (Lipinski definition) is 0. The normalized spacial score (nSPS) is 11.4. The first-order valence-corrected chi connectivity index (χ1v) is 7.44. The third kappa shape index (κ3) is 4.21. The van der Waals surface area contributed by atoms with Crippen LogP contribution in [0.2, 0.25) is 0 Å². The maximum Gasteiger partial charge on any atom is 0.326 e. The molecule has 2 rings (SSSR count). The zero-order valence-electron chi connectivity index (χ0n) is 13.2. The molecule has 0 saturated heterocycles. The van der Waals surface area contributed by atoms with Gasteiger partial charge < -0.3 is 9.30 Å². The van der Waals surface area contributed by atoms with Crippen LogP contribution in [0.5, 0.6) is 0 Å². The Hall–Kier alpha value is -3.12. The third-order valence-electron chi connectivity index (χ3n) is 3.40. The van der Waals surface area contributed by atoms with E-state index in [9.17, 15) is 9.59 Å². The second kappa shape index (κ2) is 8.50. The molecule has 1 aromatic heterocycles. The predicted molar refractivity (Wildman–Crippen MR) is 87.4 cm³/mol. The summed E-state index contributed by atoms with van der Waals surface area (Å²) in [5.41, 5.74) is 9.23. The fourth-order valence-corrected chi connectivity index (χ4v) is 2.33. The predicted octanol–water partition coefficient (Wildman–Crippen LogP) is 2.25. The van der Waals surface area contributed by atoms with E-state index < -0.39 is 17.4 Å². The van der Waals surface area contributed by atoms with E-state index in [4.69, 9.17) is 10.3 Å². The lowest BCUT2D eigenvalue weighted by atomic mass is 9.96. The van der Waals surface area contributed by atoms with Crippen LogP contribution in [-0.4, -0.2) is 28.7 Å². The van der Waals surface area contributed by atoms with Gasteiger partial charge in [0, 0.05) is 29.8 Å². The van der Waals surface area contributed by atoms with Crippen molar-refractivity contribution in [1.29, 1.82) is 0 Å². The van der Waals surface area contributed by atoms with Gasteiger partial charge in [-0.05, 0) is 18.0 Å². The van der Waals surface area contributed by atoms with E-state index in [-0.39, 0.29) is 25.4 Å². The molecule has 1 atom stereocenters. The molecule has 0 radical (unpaired) electrons. The summed E-state index contributed by atoms with van der Waals surface area (Å²) in [6, 6.07) is 9.19. The van der Waals surface area contributed by atoms with Crippen molar-refractivity contribution in [1.82, 2.24) is 9.55 Å². The number of carbonyl (C=O) groups is 1. The second-order valence-electron chi connectivity index (χ2n) is 4.93. The number of ether oxygens (including phenoxy) is 1. The minimum absolute atomic E-state index is 0.0617. The molecule has 1 heterocycles. The van der Waals surface area contributed by atoms with Gasteiger partial charge in [0.05, 0.1) is 6.61 Å². The van der Waals surface area contributed by atoms with Crippen molar-refractivity contribution in [3.8, 4) is 0 Å². The van der Waals surface area contributed by atoms with Gasteiger partial charge in [-0.3, -0.25) is 14.6 Å². The highest BCUT2D eigenvalue weighted by atomic mass is 16.5. The monoisotopic (exact) mass is 327 g/mol. The molecule has 124 valence electrons. The van der Waals surface area contributed by atoms with Gasteiger partial charge in [-0.2, -0.15) is 0 Å². The van der Waals surface area contributed by atoms with Crippen molar-refractivity contribution in [2.24, 2.45) is 5.11 Å². The van der Waals surface area contributed by atoms with Gasteiger partial charge in [-0.1, -0.05) is 35.4 Å². The van der Waals surface area contributed by atoms with Crippen molar-refractivity contribution in [3.05, 3.63) is 74.8 Å². The lowest BCUT2D eigenvalue weighted by Crippen LogP contribution is -2.30. The zero-order valence-corrected chi connectivity index (χ0v) is 13.2. The summed E-state index contributed by atoms with van der Waals surface area (Å²) < 4.78 is 6.11. The number of carbonyl (C=O) groups excluding carboxylic acids is 1. The van der Waals surface area contributed by atoms with E-state index in [1.54, 1.807) is 6.92 Å². The molecule has 0 amide bonds. The van der Waals surface area contributed by atoms with Crippen LogP contribution in [0.15, 0.2) is 52.6 Å². The molecule has 2 aromatic rings. The number of esters is 1. The van der Waals surface area contributed by atoms with E-state index in [1.165, 1.54) is 17.0 Å². The summed E-state index contributed by atoms with van der Waals surface area (Å²) in [7, 11) is 0. The smallest absolute Gasteiger partial charge is 0.326 e. The zero-order chi connectivity index (χ0) is 17.4. The van der Waals surface area contributed by atoms with Crippen LogP contribution in [0.25, 0.3) is 10.4 Å². The van der Waals surface area contributed by atoms with Crippen LogP contribution in [0, 0.1) is 0 Å². The highest BCUT2D eigenvalue weighted by molar-refractivity contribution is 5.69. The summed E-state index contributed by atoms with van der Waals surface area (Å²) in [5.74, 6) is -0.979. The maximum absolute atomic E-state index is 12.6. The van der Waals surface area contributed by atoms with E-state index >= 15 is 0 Å². The molecule has 1 aromatic carbocycles. The molecule has 0 aliphatic carbocycles. The van der Waals surface area contributed by atoms with E-state index in [0.717, 1.165) is 5.56 Å². The van der Waals surface area contributed by atoms with Gasteiger partial charge >= 0.3 is 5.97 Å². The lowest BCUT2D eigenvalue weighted by molar-refractivity contribution is -0.143. The van der Waals surface area contributed by atoms with Gasteiger partial charge in [0.1, 0.15) is 12.2 Å². The average molecular weight is 327 g/mol. The Morgan fingerprint density at radius 2 is 2.17 bits per heavy atom. The maximum atomic E-state index is 12.6. The fourth-order valence-electron chi connectivity index (χ4n) is 2.33. The van der Waals surface area contributed by atoms with Gasteiger partial charge in [0.15, 0.2) is 0 Å². The second-order valence-corrected chi connectivity index (χ2v) is 4.93. The quantitative estimate of drug-likeness (QED) is 0.336. The van der Waals surface area contributed by atoms with Gasteiger partial charge in [0.25, 0.3) is 5.56 Å². The van der Waals surface area contributed by atoms with Gasteiger partial charge in [-0.25, -0.2) is 0 Å². The molecular weight excluding hydrogens is 310 g/mol. The van der Waals surface area contributed by atoms with E-state index in [1.807, 2.05) is 30.3 Å². The summed E-state index contributed by atoms with van der Waals surface area (Å²) in [6.07, 6.45) is 2.88. The Bertz CT molecular complexity index is 797. The number of azide groups is 1. The molecule has 0 unspecified atom stereocenters. The Kier molecular flexibility index (Phi) is 6.10. The van der Waals surface area contributed by atoms with Crippen molar-refractivity contribution >= 4 is 5.97 Å². The van der Waals surface area contributed by atoms with Crippen LogP contribution in [0.4, 0.5) is 0 Å². The highest BCUT2D eigenvalue weighted by Crippen LogP contribution is 2.21. The summed E-state index contributed by atoms with van der Waals surface area (Å²) in [5, 5.41) is 3.59. The molecule has 0 aliphatic heterocycles. The fraction of sp³-hybridized carbons (Fsp3) is 0.312. The van der Waals surface area contributed by atoms with Gasteiger partial charge in [0.2, 0.25) is 0 Å². The van der Waals surface area contributed by atoms with Crippen LogP contribution in [0.3, 0.4) is 0 Å². The Morgan fingerprint density at radius 1 is 1.42 bits per heavy atom. The van der Waals surface area contributed by atoms with Crippen LogP contribution >= 0.6 is 0 Å². The lowest BCUT2D eigenvalue weighted by Gasteiger charge is -2.15. The molecule has 0 spiro atoms. The topological polar surface area (TPSA) is 110 Å². The minimum atomic E-state index is -0.497.